The first-order chi connectivity index (χ1) is 7.27. The van der Waals surface area contributed by atoms with E-state index in [-0.39, 0.29) is 45.6 Å². The molecule has 1 aromatic rings. The summed E-state index contributed by atoms with van der Waals surface area (Å²) in [5.74, 6) is 0. The largest absolute Gasteiger partial charge is 3.00 e. The Balaban J connectivity index is 0.00000128. The van der Waals surface area contributed by atoms with Gasteiger partial charge in [-0.15, -0.1) is 0 Å². The number of allylic oxidation sites excluding steroid dienone is 2. The average molecular weight is 303 g/mol. The normalized spacial score (nSPS) is 15.4. The molecule has 0 amide bonds. The van der Waals surface area contributed by atoms with Gasteiger partial charge >= 0.3 is 32.7 Å². The second-order valence-electron chi connectivity index (χ2n) is 4.10. The van der Waals surface area contributed by atoms with E-state index >= 15 is 0 Å². The van der Waals surface area contributed by atoms with Gasteiger partial charge in [0.25, 0.3) is 0 Å². The third-order valence-corrected chi connectivity index (χ3v) is 3.43. The molecular formula is C15H20NY. The van der Waals surface area contributed by atoms with Gasteiger partial charge in [-0.1, -0.05) is 13.0 Å². The quantitative estimate of drug-likeness (QED) is 0.769. The summed E-state index contributed by atoms with van der Waals surface area (Å²) in [5, 5.41) is 0. The Morgan fingerprint density at radius 3 is 2.47 bits per heavy atom. The number of hydrogen-bond acceptors (Lipinski definition) is 1. The van der Waals surface area contributed by atoms with Crippen molar-refractivity contribution in [3.63, 3.8) is 0 Å². The van der Waals surface area contributed by atoms with Gasteiger partial charge in [-0.3, -0.25) is 4.98 Å². The van der Waals surface area contributed by atoms with Crippen molar-refractivity contribution in [2.75, 3.05) is 0 Å². The van der Waals surface area contributed by atoms with Crippen LogP contribution < -0.4 is 0 Å². The van der Waals surface area contributed by atoms with Gasteiger partial charge in [0.2, 0.25) is 0 Å². The maximum Gasteiger partial charge on any atom is 3.00 e. The number of rotatable bonds is 3. The first-order valence-corrected chi connectivity index (χ1v) is 5.52. The van der Waals surface area contributed by atoms with Gasteiger partial charge in [-0.05, 0) is 34.6 Å². The molecule has 17 heavy (non-hydrogen) atoms. The van der Waals surface area contributed by atoms with Crippen LogP contribution >= 0.6 is 0 Å². The summed E-state index contributed by atoms with van der Waals surface area (Å²) in [4.78, 5) is 4.21. The van der Waals surface area contributed by atoms with E-state index in [4.69, 9.17) is 0 Å². The fourth-order valence-corrected chi connectivity index (χ4v) is 2.40. The number of hydrogen-bond donors (Lipinski definition) is 0. The molecule has 1 aromatic heterocycles. The fourth-order valence-electron chi connectivity index (χ4n) is 2.40. The minimum absolute atomic E-state index is 0. The topological polar surface area (TPSA) is 12.9 Å². The van der Waals surface area contributed by atoms with Crippen molar-refractivity contribution in [1.82, 2.24) is 4.98 Å². The molecule has 2 heteroatoms. The maximum atomic E-state index is 4.21. The molecular weight excluding hydrogens is 283 g/mol. The van der Waals surface area contributed by atoms with Crippen molar-refractivity contribution in [3.05, 3.63) is 56.9 Å². The fraction of sp³-hybridized carbons (Fsp3) is 0.333. The molecule has 0 bridgehead atoms. The molecule has 0 aromatic carbocycles. The van der Waals surface area contributed by atoms with Crippen LogP contribution in [0.2, 0.25) is 0 Å². The first-order valence-electron chi connectivity index (χ1n) is 5.52. The van der Waals surface area contributed by atoms with E-state index in [1.54, 1.807) is 0 Å². The van der Waals surface area contributed by atoms with Crippen LogP contribution in [0.1, 0.15) is 37.3 Å². The van der Waals surface area contributed by atoms with Gasteiger partial charge in [0.1, 0.15) is 0 Å². The Morgan fingerprint density at radius 2 is 1.94 bits per heavy atom. The van der Waals surface area contributed by atoms with E-state index in [0.717, 1.165) is 19.3 Å². The zero-order chi connectivity index (χ0) is 10.9. The van der Waals surface area contributed by atoms with Crippen molar-refractivity contribution in [2.45, 2.75) is 31.6 Å². The van der Waals surface area contributed by atoms with E-state index in [2.05, 4.69) is 37.9 Å². The van der Waals surface area contributed by atoms with Gasteiger partial charge in [0.05, 0.1) is 0 Å². The SMILES string of the molecule is [CH2-]CC1(C[CH2-])C=C(CC)c2cnccc21.[CH3-].[Y+3]. The summed E-state index contributed by atoms with van der Waals surface area (Å²) in [5.41, 5.74) is 4.11. The van der Waals surface area contributed by atoms with Crippen LogP contribution in [0, 0.1) is 21.3 Å². The Bertz CT molecular complexity index is 392. The van der Waals surface area contributed by atoms with Gasteiger partial charge in [-0.25, -0.2) is 0 Å². The van der Waals surface area contributed by atoms with Gasteiger partial charge in [0.15, 0.2) is 0 Å². The standard InChI is InChI=1S/C14H17N.CH3.Y/c1-4-11-9-14(5-2,6-3)13-7-8-15-10-12(11)13;;/h7-10H,2-6H2,1H3;1H3;/q-2;-1;+3. The van der Waals surface area contributed by atoms with Crippen LogP contribution in [0.15, 0.2) is 24.5 Å². The average Bonchev–Trinajstić information content (AvgIpc) is 2.64. The summed E-state index contributed by atoms with van der Waals surface area (Å²) < 4.78 is 0. The Morgan fingerprint density at radius 1 is 1.29 bits per heavy atom. The number of fused-ring (bicyclic) bond motifs is 1. The molecule has 1 aliphatic rings. The molecule has 88 valence electrons. The molecule has 0 aliphatic heterocycles. The van der Waals surface area contributed by atoms with Crippen LogP contribution in [-0.4, -0.2) is 4.98 Å². The Kier molecular flexibility index (Phi) is 6.80. The van der Waals surface area contributed by atoms with Crippen molar-refractivity contribution in [1.29, 1.82) is 0 Å². The third kappa shape index (κ3) is 2.71. The molecule has 0 radical (unpaired) electrons. The molecule has 0 unspecified atom stereocenters. The molecule has 0 N–H and O–H groups in total. The second-order valence-corrected chi connectivity index (χ2v) is 4.10. The van der Waals surface area contributed by atoms with Crippen LogP contribution in [-0.2, 0) is 38.1 Å². The van der Waals surface area contributed by atoms with Crippen molar-refractivity contribution >= 4 is 5.57 Å². The minimum Gasteiger partial charge on any atom is -0.358 e. The molecule has 0 atom stereocenters. The summed E-state index contributed by atoms with van der Waals surface area (Å²) in [6.07, 6.45) is 8.98. The maximum absolute atomic E-state index is 4.21. The zero-order valence-corrected chi connectivity index (χ0v) is 13.7. The van der Waals surface area contributed by atoms with E-state index in [1.807, 2.05) is 12.4 Å². The summed E-state index contributed by atoms with van der Waals surface area (Å²) >= 11 is 0. The molecule has 0 fully saturated rings. The third-order valence-electron chi connectivity index (χ3n) is 3.43. The smallest absolute Gasteiger partial charge is 0.358 e. The van der Waals surface area contributed by atoms with Crippen molar-refractivity contribution in [2.24, 2.45) is 0 Å². The summed E-state index contributed by atoms with van der Waals surface area (Å²) in [6, 6.07) is 2.12. The van der Waals surface area contributed by atoms with E-state index in [1.165, 1.54) is 16.7 Å². The van der Waals surface area contributed by atoms with Crippen LogP contribution in [0.4, 0.5) is 0 Å². The molecule has 0 spiro atoms. The van der Waals surface area contributed by atoms with Gasteiger partial charge < -0.3 is 21.3 Å². The van der Waals surface area contributed by atoms with Crippen LogP contribution in [0.5, 0.6) is 0 Å². The van der Waals surface area contributed by atoms with Gasteiger partial charge in [-0.2, -0.15) is 12.8 Å². The van der Waals surface area contributed by atoms with Crippen molar-refractivity contribution < 1.29 is 32.7 Å². The first kappa shape index (κ1) is 17.0. The van der Waals surface area contributed by atoms with E-state index in [9.17, 15) is 0 Å². The van der Waals surface area contributed by atoms with Gasteiger partial charge in [0, 0.05) is 12.4 Å². The molecule has 0 saturated carbocycles. The molecule has 1 nitrogen and oxygen atoms in total. The number of nitrogens with zero attached hydrogens (tertiary/aromatic N) is 1. The molecule has 0 saturated heterocycles. The summed E-state index contributed by atoms with van der Waals surface area (Å²) in [6.45, 7) is 10.3. The molecule has 2 rings (SSSR count). The minimum atomic E-state index is 0. The van der Waals surface area contributed by atoms with Crippen LogP contribution in [0.25, 0.3) is 5.57 Å². The number of pyridine rings is 1. The number of aromatic nitrogens is 1. The molecule has 1 aliphatic carbocycles. The van der Waals surface area contributed by atoms with Crippen LogP contribution in [0.3, 0.4) is 0 Å². The van der Waals surface area contributed by atoms with Crippen molar-refractivity contribution in [3.8, 4) is 0 Å². The van der Waals surface area contributed by atoms with E-state index < -0.39 is 0 Å². The molecule has 1 heterocycles. The monoisotopic (exact) mass is 303 g/mol. The predicted molar refractivity (Wildman–Crippen MR) is 70.5 cm³/mol. The Labute approximate surface area is 131 Å². The second kappa shape index (κ2) is 6.80. The zero-order valence-electron chi connectivity index (χ0n) is 10.9. The van der Waals surface area contributed by atoms with E-state index in [0.29, 0.717) is 0 Å². The summed E-state index contributed by atoms with van der Waals surface area (Å²) in [7, 11) is 0. The Hall–Kier alpha value is -0.00610. The predicted octanol–water partition coefficient (Wildman–Crippen LogP) is 4.02.